The first-order valence-electron chi connectivity index (χ1n) is 9.28. The number of nitrogens with zero attached hydrogens (tertiary/aromatic N) is 1. The number of carbonyl (C=O) groups is 1. The van der Waals surface area contributed by atoms with Crippen molar-refractivity contribution in [3.63, 3.8) is 0 Å². The average Bonchev–Trinajstić information content (AvgIpc) is 2.86. The summed E-state index contributed by atoms with van der Waals surface area (Å²) in [5, 5.41) is 12.6. The number of sulfonamides is 1. The van der Waals surface area contributed by atoms with Crippen LogP contribution in [0.1, 0.15) is 36.5 Å². The quantitative estimate of drug-likeness (QED) is 0.761. The van der Waals surface area contributed by atoms with Gasteiger partial charge in [0.25, 0.3) is 5.91 Å². The molecule has 2 N–H and O–H groups in total. The molecule has 2 aromatic rings. The van der Waals surface area contributed by atoms with Crippen LogP contribution in [-0.4, -0.2) is 42.4 Å². The zero-order valence-corrected chi connectivity index (χ0v) is 17.0. The molecular weight excluding hydrogens is 421 g/mol. The van der Waals surface area contributed by atoms with Gasteiger partial charge in [-0.25, -0.2) is 21.6 Å². The minimum Gasteiger partial charge on any atom is -0.389 e. The molecule has 0 aliphatic carbocycles. The summed E-state index contributed by atoms with van der Waals surface area (Å²) < 4.78 is 67.8. The van der Waals surface area contributed by atoms with Crippen molar-refractivity contribution in [2.45, 2.75) is 36.7 Å². The molecule has 6 nitrogen and oxygen atoms in total. The number of amides is 1. The van der Waals surface area contributed by atoms with Gasteiger partial charge in [-0.3, -0.25) is 4.79 Å². The molecule has 0 radical (unpaired) electrons. The van der Waals surface area contributed by atoms with E-state index < -0.39 is 43.9 Å². The number of benzene rings is 2. The molecule has 1 amide bonds. The van der Waals surface area contributed by atoms with Crippen LogP contribution in [0.25, 0.3) is 0 Å². The summed E-state index contributed by atoms with van der Waals surface area (Å²) in [7, 11) is -4.32. The van der Waals surface area contributed by atoms with Gasteiger partial charge in [0.2, 0.25) is 10.0 Å². The number of anilines is 1. The largest absolute Gasteiger partial charge is 0.389 e. The van der Waals surface area contributed by atoms with Crippen LogP contribution < -0.4 is 5.32 Å². The maximum atomic E-state index is 14.4. The Morgan fingerprint density at radius 2 is 1.77 bits per heavy atom. The predicted molar refractivity (Wildman–Crippen MR) is 104 cm³/mol. The number of nitrogens with one attached hydrogen (secondary N) is 1. The lowest BCUT2D eigenvalue weighted by atomic mass is 10.0. The van der Waals surface area contributed by atoms with Gasteiger partial charge in [0.1, 0.15) is 10.7 Å². The lowest BCUT2D eigenvalue weighted by Crippen LogP contribution is -2.42. The minimum absolute atomic E-state index is 0.0452. The first-order chi connectivity index (χ1) is 14.0. The van der Waals surface area contributed by atoms with Gasteiger partial charge >= 0.3 is 0 Å². The molecule has 1 fully saturated rings. The molecule has 3 rings (SSSR count). The topological polar surface area (TPSA) is 86.7 Å². The zero-order valence-electron chi connectivity index (χ0n) is 16.2. The van der Waals surface area contributed by atoms with Crippen molar-refractivity contribution < 1.29 is 31.5 Å². The van der Waals surface area contributed by atoms with Crippen LogP contribution in [0.2, 0.25) is 0 Å². The van der Waals surface area contributed by atoms with Crippen LogP contribution in [0.3, 0.4) is 0 Å². The highest BCUT2D eigenvalue weighted by atomic mass is 32.2. The molecule has 0 saturated carbocycles. The van der Waals surface area contributed by atoms with Crippen molar-refractivity contribution in [1.29, 1.82) is 0 Å². The Hall–Kier alpha value is -2.43. The van der Waals surface area contributed by atoms with E-state index in [1.807, 2.05) is 0 Å². The molecule has 1 unspecified atom stereocenters. The molecule has 1 aliphatic rings. The zero-order chi connectivity index (χ0) is 22.1. The van der Waals surface area contributed by atoms with E-state index in [2.05, 4.69) is 5.32 Å². The molecular formula is C20H21F3N2O4S. The van der Waals surface area contributed by atoms with Gasteiger partial charge in [-0.1, -0.05) is 0 Å². The van der Waals surface area contributed by atoms with Crippen LogP contribution in [0.5, 0.6) is 0 Å². The standard InChI is InChI=1S/C20H21F3N2O4S/c1-20(27)8-2-3-9-25(12-20)30(28,29)18-10-13(4-6-16(18)22)19(26)24-14-5-7-15(21)17(23)11-14/h4-7,10-11,27H,2-3,8-9,12H2,1H3,(H,24,26). The predicted octanol–water partition coefficient (Wildman–Crippen LogP) is 3.28. The van der Waals surface area contributed by atoms with E-state index in [1.54, 1.807) is 0 Å². The molecule has 30 heavy (non-hydrogen) atoms. The second-order valence-electron chi connectivity index (χ2n) is 7.52. The number of hydrogen-bond donors (Lipinski definition) is 2. The van der Waals surface area contributed by atoms with E-state index >= 15 is 0 Å². The number of β-amino-alcohol motifs (C(OH)–C–C–N with tert-alkyl or cyclic N) is 1. The van der Waals surface area contributed by atoms with Crippen molar-refractivity contribution in [1.82, 2.24) is 4.31 Å². The summed E-state index contributed by atoms with van der Waals surface area (Å²) in [6, 6.07) is 5.56. The number of carbonyl (C=O) groups excluding carboxylic acids is 1. The Morgan fingerprint density at radius 1 is 1.07 bits per heavy atom. The van der Waals surface area contributed by atoms with Crippen LogP contribution >= 0.6 is 0 Å². The van der Waals surface area contributed by atoms with Crippen molar-refractivity contribution in [2.24, 2.45) is 0 Å². The lowest BCUT2D eigenvalue weighted by Gasteiger charge is -2.28. The first kappa shape index (κ1) is 22.3. The van der Waals surface area contributed by atoms with Crippen LogP contribution in [0, 0.1) is 17.5 Å². The second-order valence-corrected chi connectivity index (χ2v) is 9.43. The number of hydrogen-bond acceptors (Lipinski definition) is 4. The Morgan fingerprint density at radius 3 is 2.47 bits per heavy atom. The fraction of sp³-hybridized carbons (Fsp3) is 0.350. The number of rotatable bonds is 4. The molecule has 1 heterocycles. The summed E-state index contributed by atoms with van der Waals surface area (Å²) in [5.74, 6) is -4.11. The van der Waals surface area contributed by atoms with Crippen molar-refractivity contribution >= 4 is 21.6 Å². The summed E-state index contributed by atoms with van der Waals surface area (Å²) in [4.78, 5) is 11.7. The second kappa shape index (κ2) is 8.37. The van der Waals surface area contributed by atoms with Gasteiger partial charge in [-0.2, -0.15) is 4.31 Å². The lowest BCUT2D eigenvalue weighted by molar-refractivity contribution is 0.0407. The SMILES string of the molecule is CC1(O)CCCCN(S(=O)(=O)c2cc(C(=O)Nc3ccc(F)c(F)c3)ccc2F)C1. The maximum absolute atomic E-state index is 14.4. The molecule has 0 bridgehead atoms. The van der Waals surface area contributed by atoms with Crippen LogP contribution in [0.4, 0.5) is 18.9 Å². The van der Waals surface area contributed by atoms with E-state index in [4.69, 9.17) is 0 Å². The highest BCUT2D eigenvalue weighted by molar-refractivity contribution is 7.89. The fourth-order valence-electron chi connectivity index (χ4n) is 3.30. The number of halogens is 3. The average molecular weight is 442 g/mol. The number of aliphatic hydroxyl groups is 1. The van der Waals surface area contributed by atoms with Crippen molar-refractivity contribution in [3.05, 3.63) is 59.4 Å². The molecule has 162 valence electrons. The van der Waals surface area contributed by atoms with E-state index in [1.165, 1.54) is 6.92 Å². The third kappa shape index (κ3) is 4.82. The van der Waals surface area contributed by atoms with Crippen LogP contribution in [-0.2, 0) is 10.0 Å². The van der Waals surface area contributed by atoms with E-state index in [-0.39, 0.29) is 24.3 Å². The van der Waals surface area contributed by atoms with Crippen LogP contribution in [0.15, 0.2) is 41.3 Å². The van der Waals surface area contributed by atoms with Gasteiger partial charge in [-0.05, 0) is 56.5 Å². The van der Waals surface area contributed by atoms with Gasteiger partial charge in [-0.15, -0.1) is 0 Å². The highest BCUT2D eigenvalue weighted by Crippen LogP contribution is 2.27. The molecule has 1 aliphatic heterocycles. The Bertz CT molecular complexity index is 1070. The van der Waals surface area contributed by atoms with Crippen molar-refractivity contribution in [3.8, 4) is 0 Å². The summed E-state index contributed by atoms with van der Waals surface area (Å²) in [5.41, 5.74) is -1.47. The maximum Gasteiger partial charge on any atom is 0.255 e. The third-order valence-corrected chi connectivity index (χ3v) is 6.74. The molecule has 1 saturated heterocycles. The normalized spacial score (nSPS) is 20.6. The van der Waals surface area contributed by atoms with Gasteiger partial charge in [0, 0.05) is 30.4 Å². The molecule has 2 aromatic carbocycles. The molecule has 0 spiro atoms. The van der Waals surface area contributed by atoms with E-state index in [9.17, 15) is 31.5 Å². The Labute approximate surface area is 172 Å². The third-order valence-electron chi connectivity index (χ3n) is 4.88. The van der Waals surface area contributed by atoms with Gasteiger partial charge < -0.3 is 10.4 Å². The fourth-order valence-corrected chi connectivity index (χ4v) is 4.98. The summed E-state index contributed by atoms with van der Waals surface area (Å²) in [6.45, 7) is 1.44. The highest BCUT2D eigenvalue weighted by Gasteiger charge is 2.35. The first-order valence-corrected chi connectivity index (χ1v) is 10.7. The van der Waals surface area contributed by atoms with E-state index in [0.717, 1.165) is 40.7 Å². The van der Waals surface area contributed by atoms with Gasteiger partial charge in [0.05, 0.1) is 5.60 Å². The summed E-state index contributed by atoms with van der Waals surface area (Å²) in [6.07, 6.45) is 1.55. The summed E-state index contributed by atoms with van der Waals surface area (Å²) >= 11 is 0. The van der Waals surface area contributed by atoms with E-state index in [0.29, 0.717) is 19.3 Å². The monoisotopic (exact) mass is 442 g/mol. The van der Waals surface area contributed by atoms with Gasteiger partial charge in [0.15, 0.2) is 11.6 Å². The molecule has 1 atom stereocenters. The molecule has 0 aromatic heterocycles. The van der Waals surface area contributed by atoms with Crippen molar-refractivity contribution in [2.75, 3.05) is 18.4 Å². The molecule has 10 heteroatoms. The minimum atomic E-state index is -4.32. The Kier molecular flexibility index (Phi) is 6.21. The Balaban J connectivity index is 1.90. The smallest absolute Gasteiger partial charge is 0.255 e.